The van der Waals surface area contributed by atoms with Gasteiger partial charge in [-0.05, 0) is 47.1 Å². The molecule has 0 amide bonds. The lowest BCUT2D eigenvalue weighted by Gasteiger charge is -2.20. The average molecular weight is 471 g/mol. The molecule has 8 heteroatoms. The predicted molar refractivity (Wildman–Crippen MR) is 134 cm³/mol. The summed E-state index contributed by atoms with van der Waals surface area (Å²) in [5.41, 5.74) is 4.56. The average Bonchev–Trinajstić information content (AvgIpc) is 3.54. The van der Waals surface area contributed by atoms with Gasteiger partial charge in [0.1, 0.15) is 0 Å². The van der Waals surface area contributed by atoms with Crippen LogP contribution in [0.3, 0.4) is 0 Å². The van der Waals surface area contributed by atoms with E-state index in [1.807, 2.05) is 55.5 Å². The SMILES string of the molecule is CCc1cn(C(=O)CC2CCCCC2)c(=O)n1Cc1ccc(-c2ccccc2-c2nn[nH]n2)cc1. The zero-order valence-electron chi connectivity index (χ0n) is 20.0. The number of benzene rings is 2. The molecule has 1 N–H and O–H groups in total. The number of hydrogen-bond acceptors (Lipinski definition) is 5. The number of aryl methyl sites for hydroxylation is 1. The number of nitrogens with zero attached hydrogens (tertiary/aromatic N) is 5. The molecule has 1 fully saturated rings. The van der Waals surface area contributed by atoms with Gasteiger partial charge in [0.05, 0.1) is 6.54 Å². The number of hydrogen-bond donors (Lipinski definition) is 1. The second kappa shape index (κ2) is 10.2. The molecule has 0 saturated heterocycles. The molecule has 2 aromatic carbocycles. The van der Waals surface area contributed by atoms with Crippen LogP contribution in [0.25, 0.3) is 22.5 Å². The van der Waals surface area contributed by atoms with Crippen molar-refractivity contribution < 1.29 is 4.79 Å². The van der Waals surface area contributed by atoms with Gasteiger partial charge >= 0.3 is 5.69 Å². The van der Waals surface area contributed by atoms with Crippen molar-refractivity contribution >= 4 is 5.91 Å². The summed E-state index contributed by atoms with van der Waals surface area (Å²) < 4.78 is 3.06. The lowest BCUT2D eigenvalue weighted by molar-refractivity contribution is 0.0863. The minimum atomic E-state index is -0.241. The van der Waals surface area contributed by atoms with Gasteiger partial charge in [-0.2, -0.15) is 5.21 Å². The van der Waals surface area contributed by atoms with Crippen LogP contribution in [0.1, 0.15) is 61.5 Å². The highest BCUT2D eigenvalue weighted by atomic mass is 16.2. The molecule has 35 heavy (non-hydrogen) atoms. The first-order valence-electron chi connectivity index (χ1n) is 12.4. The van der Waals surface area contributed by atoms with Crippen LogP contribution in [0.2, 0.25) is 0 Å². The summed E-state index contributed by atoms with van der Waals surface area (Å²) >= 11 is 0. The first-order chi connectivity index (χ1) is 17.1. The van der Waals surface area contributed by atoms with Gasteiger partial charge in [0.15, 0.2) is 0 Å². The third-order valence-electron chi connectivity index (χ3n) is 7.00. The van der Waals surface area contributed by atoms with Crippen LogP contribution in [-0.4, -0.2) is 35.7 Å². The van der Waals surface area contributed by atoms with Gasteiger partial charge in [-0.1, -0.05) is 74.7 Å². The predicted octanol–water partition coefficient (Wildman–Crippen LogP) is 4.72. The summed E-state index contributed by atoms with van der Waals surface area (Å²) in [6.45, 7) is 2.44. The van der Waals surface area contributed by atoms with Crippen LogP contribution in [0.4, 0.5) is 0 Å². The lowest BCUT2D eigenvalue weighted by atomic mass is 9.87. The number of H-pyrrole nitrogens is 1. The van der Waals surface area contributed by atoms with Gasteiger partial charge < -0.3 is 0 Å². The number of carbonyl (C=O) groups excluding carboxylic acids is 1. The second-order valence-electron chi connectivity index (χ2n) is 9.29. The fourth-order valence-electron chi connectivity index (χ4n) is 5.07. The Bertz CT molecular complexity index is 1350. The van der Waals surface area contributed by atoms with E-state index in [1.165, 1.54) is 23.8 Å². The van der Waals surface area contributed by atoms with Crippen molar-refractivity contribution in [1.82, 2.24) is 29.8 Å². The van der Waals surface area contributed by atoms with Crippen molar-refractivity contribution in [2.75, 3.05) is 0 Å². The number of rotatable bonds is 7. The van der Waals surface area contributed by atoms with Gasteiger partial charge in [-0.3, -0.25) is 9.36 Å². The number of aromatic amines is 1. The summed E-state index contributed by atoms with van der Waals surface area (Å²) in [4.78, 5) is 26.1. The maximum atomic E-state index is 13.2. The highest BCUT2D eigenvalue weighted by Gasteiger charge is 2.21. The summed E-state index contributed by atoms with van der Waals surface area (Å²) in [7, 11) is 0. The molecule has 0 spiro atoms. The molecule has 0 atom stereocenters. The molecule has 1 aliphatic rings. The summed E-state index contributed by atoms with van der Waals surface area (Å²) in [5, 5.41) is 14.4. The third-order valence-corrected chi connectivity index (χ3v) is 7.00. The van der Waals surface area contributed by atoms with Gasteiger partial charge in [0.25, 0.3) is 0 Å². The van der Waals surface area contributed by atoms with Crippen molar-refractivity contribution in [1.29, 1.82) is 0 Å². The molecule has 8 nitrogen and oxygen atoms in total. The normalized spacial score (nSPS) is 14.3. The quantitative estimate of drug-likeness (QED) is 0.421. The Kier molecular flexibility index (Phi) is 6.70. The molecule has 0 unspecified atom stereocenters. The molecule has 180 valence electrons. The zero-order chi connectivity index (χ0) is 24.2. The first kappa shape index (κ1) is 23.0. The molecule has 1 saturated carbocycles. The molecule has 0 radical (unpaired) electrons. The molecule has 4 aromatic rings. The maximum absolute atomic E-state index is 13.2. The summed E-state index contributed by atoms with van der Waals surface area (Å²) in [5.74, 6) is 0.867. The number of nitrogens with one attached hydrogen (secondary N) is 1. The fraction of sp³-hybridized carbons (Fsp3) is 0.370. The van der Waals surface area contributed by atoms with Crippen LogP contribution >= 0.6 is 0 Å². The molecular weight excluding hydrogens is 440 g/mol. The van der Waals surface area contributed by atoms with Gasteiger partial charge in [-0.15, -0.1) is 10.2 Å². The van der Waals surface area contributed by atoms with Gasteiger partial charge in [-0.25, -0.2) is 9.36 Å². The largest absolute Gasteiger partial charge is 0.335 e. The van der Waals surface area contributed by atoms with E-state index in [2.05, 4.69) is 20.6 Å². The Morgan fingerprint density at radius 3 is 2.46 bits per heavy atom. The smallest absolute Gasteiger partial charge is 0.292 e. The van der Waals surface area contributed by atoms with Crippen LogP contribution in [-0.2, 0) is 13.0 Å². The molecule has 5 rings (SSSR count). The Morgan fingerprint density at radius 1 is 1.03 bits per heavy atom. The Balaban J connectivity index is 1.37. The number of aromatic nitrogens is 6. The van der Waals surface area contributed by atoms with E-state index in [-0.39, 0.29) is 11.6 Å². The zero-order valence-corrected chi connectivity index (χ0v) is 20.0. The van der Waals surface area contributed by atoms with E-state index in [0.29, 0.717) is 31.1 Å². The van der Waals surface area contributed by atoms with Crippen molar-refractivity contribution in [2.45, 2.75) is 58.4 Å². The van der Waals surface area contributed by atoms with Gasteiger partial charge in [0, 0.05) is 23.9 Å². The number of imidazole rings is 1. The molecule has 2 aromatic heterocycles. The summed E-state index contributed by atoms with van der Waals surface area (Å²) in [6, 6.07) is 16.0. The van der Waals surface area contributed by atoms with Crippen molar-refractivity contribution in [3.05, 3.63) is 76.5 Å². The fourth-order valence-corrected chi connectivity index (χ4v) is 5.07. The Labute approximate surface area is 204 Å². The van der Waals surface area contributed by atoms with E-state index >= 15 is 0 Å². The molecule has 1 aliphatic carbocycles. The molecule has 0 aliphatic heterocycles. The standard InChI is InChI=1S/C27H30N6O2/c1-2-22-18-33(25(34)16-19-8-4-3-5-9-19)27(35)32(22)17-20-12-14-21(15-13-20)23-10-6-7-11-24(23)26-28-30-31-29-26/h6-7,10-15,18-19H,2-5,8-9,16-17H2,1H3,(H,28,29,30,31). The minimum Gasteiger partial charge on any atom is -0.292 e. The maximum Gasteiger partial charge on any atom is 0.335 e. The Hall–Kier alpha value is -3.81. The van der Waals surface area contributed by atoms with E-state index in [9.17, 15) is 9.59 Å². The highest BCUT2D eigenvalue weighted by Crippen LogP contribution is 2.30. The van der Waals surface area contributed by atoms with Crippen molar-refractivity contribution in [3.8, 4) is 22.5 Å². The van der Waals surface area contributed by atoms with E-state index in [1.54, 1.807) is 10.8 Å². The topological polar surface area (TPSA) is 98.5 Å². The van der Waals surface area contributed by atoms with Gasteiger partial charge in [0.2, 0.25) is 11.7 Å². The van der Waals surface area contributed by atoms with Crippen LogP contribution in [0.15, 0.2) is 59.5 Å². The minimum absolute atomic E-state index is 0.0798. The molecule has 2 heterocycles. The van der Waals surface area contributed by atoms with E-state index < -0.39 is 0 Å². The van der Waals surface area contributed by atoms with Crippen LogP contribution < -0.4 is 5.69 Å². The van der Waals surface area contributed by atoms with E-state index in [4.69, 9.17) is 0 Å². The Morgan fingerprint density at radius 2 is 1.77 bits per heavy atom. The molecule has 0 bridgehead atoms. The second-order valence-corrected chi connectivity index (χ2v) is 9.29. The van der Waals surface area contributed by atoms with E-state index in [0.717, 1.165) is 40.8 Å². The van der Waals surface area contributed by atoms with Crippen LogP contribution in [0.5, 0.6) is 0 Å². The van der Waals surface area contributed by atoms with Crippen molar-refractivity contribution in [3.63, 3.8) is 0 Å². The molecular formula is C27H30N6O2. The van der Waals surface area contributed by atoms with Crippen molar-refractivity contribution in [2.24, 2.45) is 5.92 Å². The van der Waals surface area contributed by atoms with Crippen LogP contribution in [0, 0.1) is 5.92 Å². The monoisotopic (exact) mass is 470 g/mol. The number of carbonyl (C=O) groups is 1. The number of tetrazole rings is 1. The highest BCUT2D eigenvalue weighted by molar-refractivity contribution is 5.80. The third kappa shape index (κ3) is 4.87. The summed E-state index contributed by atoms with van der Waals surface area (Å²) in [6.07, 6.45) is 8.68. The lowest BCUT2D eigenvalue weighted by Crippen LogP contribution is -2.30. The first-order valence-corrected chi connectivity index (χ1v) is 12.4.